The molecule has 0 aliphatic rings. The van der Waals surface area contributed by atoms with Gasteiger partial charge in [0.25, 0.3) is 5.91 Å². The first-order valence-electron chi connectivity index (χ1n) is 6.42. The highest BCUT2D eigenvalue weighted by atomic mass is 16.2. The van der Waals surface area contributed by atoms with Crippen molar-refractivity contribution in [1.82, 2.24) is 0 Å². The highest BCUT2D eigenvalue weighted by Gasteiger charge is 2.23. The largest absolute Gasteiger partial charge is 0.320 e. The number of aromatic nitrogens is 1. The minimum absolute atomic E-state index is 0.00935. The van der Waals surface area contributed by atoms with Crippen molar-refractivity contribution in [2.24, 2.45) is 0 Å². The summed E-state index contributed by atoms with van der Waals surface area (Å²) in [6, 6.07) is 13.5. The van der Waals surface area contributed by atoms with Crippen LogP contribution in [0.1, 0.15) is 24.2 Å². The molecule has 2 aromatic rings. The second kappa shape index (κ2) is 5.65. The van der Waals surface area contributed by atoms with Crippen LogP contribution in [0.5, 0.6) is 0 Å². The summed E-state index contributed by atoms with van der Waals surface area (Å²) in [4.78, 5) is 12.2. The summed E-state index contributed by atoms with van der Waals surface area (Å²) in [6.07, 6.45) is 1.93. The maximum absolute atomic E-state index is 12.2. The van der Waals surface area contributed by atoms with Crippen LogP contribution in [0, 0.1) is 13.8 Å². The number of nitrogens with one attached hydrogen (secondary N) is 1. The molecule has 0 saturated heterocycles. The summed E-state index contributed by atoms with van der Waals surface area (Å²) < 4.78 is 1.96. The van der Waals surface area contributed by atoms with Crippen LogP contribution in [0.3, 0.4) is 0 Å². The van der Waals surface area contributed by atoms with Gasteiger partial charge in [0.1, 0.15) is 0 Å². The standard InChI is InChI=1S/C16H18N2O/c1-12-7-6-9-15(11-12)17-16(19)14(3)18-10-5-4-8-13(18)2/h4-11,14H,1-3H3/p+1/t14-/m1/s1. The summed E-state index contributed by atoms with van der Waals surface area (Å²) >= 11 is 0. The van der Waals surface area contributed by atoms with Crippen molar-refractivity contribution >= 4 is 11.6 Å². The fraction of sp³-hybridized carbons (Fsp3) is 0.250. The molecule has 3 nitrogen and oxygen atoms in total. The monoisotopic (exact) mass is 255 g/mol. The van der Waals surface area contributed by atoms with Crippen LogP contribution >= 0.6 is 0 Å². The van der Waals surface area contributed by atoms with Crippen LogP contribution in [0.2, 0.25) is 0 Å². The predicted molar refractivity (Wildman–Crippen MR) is 75.9 cm³/mol. The van der Waals surface area contributed by atoms with E-state index in [2.05, 4.69) is 5.32 Å². The molecule has 1 atom stereocenters. The maximum atomic E-state index is 12.2. The Labute approximate surface area is 113 Å². The Hall–Kier alpha value is -2.16. The van der Waals surface area contributed by atoms with E-state index in [0.29, 0.717) is 0 Å². The lowest BCUT2D eigenvalue weighted by atomic mass is 10.2. The van der Waals surface area contributed by atoms with Crippen LogP contribution in [0.4, 0.5) is 5.69 Å². The Morgan fingerprint density at radius 1 is 1.16 bits per heavy atom. The van der Waals surface area contributed by atoms with E-state index in [0.717, 1.165) is 16.9 Å². The fourth-order valence-electron chi connectivity index (χ4n) is 2.07. The van der Waals surface area contributed by atoms with Gasteiger partial charge >= 0.3 is 0 Å². The van der Waals surface area contributed by atoms with E-state index in [-0.39, 0.29) is 11.9 Å². The number of rotatable bonds is 3. The number of carbonyl (C=O) groups is 1. The van der Waals surface area contributed by atoms with Crippen LogP contribution in [-0.4, -0.2) is 5.91 Å². The van der Waals surface area contributed by atoms with Gasteiger partial charge in [-0.3, -0.25) is 4.79 Å². The van der Waals surface area contributed by atoms with Crippen molar-refractivity contribution in [3.05, 3.63) is 59.9 Å². The van der Waals surface area contributed by atoms with Crippen molar-refractivity contribution in [3.8, 4) is 0 Å². The first-order valence-corrected chi connectivity index (χ1v) is 6.42. The minimum atomic E-state index is -0.235. The van der Waals surface area contributed by atoms with Crippen molar-refractivity contribution < 1.29 is 9.36 Å². The van der Waals surface area contributed by atoms with Gasteiger partial charge < -0.3 is 5.32 Å². The molecule has 1 aromatic carbocycles. The van der Waals surface area contributed by atoms with Gasteiger partial charge in [0.05, 0.1) is 0 Å². The maximum Gasteiger partial charge on any atom is 0.293 e. The van der Waals surface area contributed by atoms with Gasteiger partial charge in [0.2, 0.25) is 6.04 Å². The molecular formula is C16H19N2O+. The van der Waals surface area contributed by atoms with E-state index < -0.39 is 0 Å². The lowest BCUT2D eigenvalue weighted by Crippen LogP contribution is -2.46. The Balaban J connectivity index is 2.14. The van der Waals surface area contributed by atoms with Gasteiger partial charge in [0.15, 0.2) is 11.9 Å². The molecule has 0 radical (unpaired) electrons. The third kappa shape index (κ3) is 3.19. The first-order chi connectivity index (χ1) is 9.08. The van der Waals surface area contributed by atoms with Crippen LogP contribution in [0.25, 0.3) is 0 Å². The Kier molecular flexibility index (Phi) is 3.95. The molecule has 2 rings (SSSR count). The molecule has 0 aliphatic heterocycles. The topological polar surface area (TPSA) is 33.0 Å². The molecule has 0 spiro atoms. The van der Waals surface area contributed by atoms with Crippen LogP contribution in [0.15, 0.2) is 48.7 Å². The number of carbonyl (C=O) groups excluding carboxylic acids is 1. The average Bonchev–Trinajstić information content (AvgIpc) is 2.38. The van der Waals surface area contributed by atoms with Crippen molar-refractivity contribution in [1.29, 1.82) is 0 Å². The highest BCUT2D eigenvalue weighted by Crippen LogP contribution is 2.11. The number of anilines is 1. The summed E-state index contributed by atoms with van der Waals surface area (Å²) in [7, 11) is 0. The number of hydrogen-bond donors (Lipinski definition) is 1. The molecule has 1 heterocycles. The number of hydrogen-bond acceptors (Lipinski definition) is 1. The third-order valence-corrected chi connectivity index (χ3v) is 3.18. The van der Waals surface area contributed by atoms with E-state index in [4.69, 9.17) is 0 Å². The second-order valence-corrected chi connectivity index (χ2v) is 4.78. The van der Waals surface area contributed by atoms with Gasteiger partial charge in [-0.05, 0) is 24.6 Å². The molecule has 0 bridgehead atoms. The van der Waals surface area contributed by atoms with Gasteiger partial charge in [-0.2, -0.15) is 4.57 Å². The van der Waals surface area contributed by atoms with Crippen molar-refractivity contribution in [2.75, 3.05) is 5.32 Å². The molecule has 3 heteroatoms. The highest BCUT2D eigenvalue weighted by molar-refractivity contribution is 5.92. The summed E-state index contributed by atoms with van der Waals surface area (Å²) in [5.41, 5.74) is 3.04. The zero-order valence-electron chi connectivity index (χ0n) is 11.6. The van der Waals surface area contributed by atoms with Crippen molar-refractivity contribution in [3.63, 3.8) is 0 Å². The molecule has 0 unspecified atom stereocenters. The van der Waals surface area contributed by atoms with Crippen LogP contribution in [-0.2, 0) is 4.79 Å². The summed E-state index contributed by atoms with van der Waals surface area (Å²) in [6.45, 7) is 5.91. The fourth-order valence-corrected chi connectivity index (χ4v) is 2.07. The molecule has 19 heavy (non-hydrogen) atoms. The molecule has 0 fully saturated rings. The molecule has 1 amide bonds. The SMILES string of the molecule is Cc1cccc(NC(=O)[C@@H](C)[n+]2ccccc2C)c1. The predicted octanol–water partition coefficient (Wildman–Crippen LogP) is 2.79. The van der Waals surface area contributed by atoms with E-state index in [1.807, 2.05) is 74.0 Å². The molecule has 1 aromatic heterocycles. The lowest BCUT2D eigenvalue weighted by Gasteiger charge is -2.10. The Bertz CT molecular complexity index is 593. The molecule has 0 saturated carbocycles. The Morgan fingerprint density at radius 3 is 2.63 bits per heavy atom. The van der Waals surface area contributed by atoms with Gasteiger partial charge in [-0.1, -0.05) is 18.2 Å². The second-order valence-electron chi connectivity index (χ2n) is 4.78. The van der Waals surface area contributed by atoms with E-state index in [9.17, 15) is 4.79 Å². The van der Waals surface area contributed by atoms with Gasteiger partial charge in [-0.25, -0.2) is 0 Å². The zero-order valence-corrected chi connectivity index (χ0v) is 11.6. The smallest absolute Gasteiger partial charge is 0.293 e. The first kappa shape index (κ1) is 13.3. The zero-order chi connectivity index (χ0) is 13.8. The quantitative estimate of drug-likeness (QED) is 0.841. The third-order valence-electron chi connectivity index (χ3n) is 3.18. The number of benzene rings is 1. The number of amides is 1. The normalized spacial score (nSPS) is 11.9. The van der Waals surface area contributed by atoms with Gasteiger partial charge in [-0.15, -0.1) is 0 Å². The van der Waals surface area contributed by atoms with Gasteiger partial charge in [0, 0.05) is 31.7 Å². The van der Waals surface area contributed by atoms with E-state index in [1.54, 1.807) is 0 Å². The van der Waals surface area contributed by atoms with E-state index >= 15 is 0 Å². The van der Waals surface area contributed by atoms with Crippen LogP contribution < -0.4 is 9.88 Å². The molecule has 98 valence electrons. The molecule has 0 aliphatic carbocycles. The number of pyridine rings is 1. The number of aryl methyl sites for hydroxylation is 2. The Morgan fingerprint density at radius 2 is 1.95 bits per heavy atom. The minimum Gasteiger partial charge on any atom is -0.320 e. The molecular weight excluding hydrogens is 236 g/mol. The van der Waals surface area contributed by atoms with E-state index in [1.165, 1.54) is 0 Å². The molecule has 1 N–H and O–H groups in total. The van der Waals surface area contributed by atoms with Crippen molar-refractivity contribution in [2.45, 2.75) is 26.8 Å². The summed E-state index contributed by atoms with van der Waals surface area (Å²) in [5, 5.41) is 2.95. The number of nitrogens with zero attached hydrogens (tertiary/aromatic N) is 1. The lowest BCUT2D eigenvalue weighted by molar-refractivity contribution is -0.711. The average molecular weight is 255 g/mol. The summed E-state index contributed by atoms with van der Waals surface area (Å²) in [5.74, 6) is -0.00935.